The zero-order chi connectivity index (χ0) is 26.4. The van der Waals surface area contributed by atoms with Crippen molar-refractivity contribution < 1.29 is 14.7 Å². The molecule has 0 saturated carbocycles. The average molecular weight is 499 g/mol. The van der Waals surface area contributed by atoms with Crippen molar-refractivity contribution in [2.75, 3.05) is 11.4 Å². The van der Waals surface area contributed by atoms with E-state index in [2.05, 4.69) is 18.4 Å². The molecule has 4 rings (SSSR count). The number of aromatic carboxylic acids is 1. The van der Waals surface area contributed by atoms with Gasteiger partial charge in [0, 0.05) is 19.9 Å². The van der Waals surface area contributed by atoms with Crippen LogP contribution < -0.4 is 4.90 Å². The number of hydrogen-bond acceptors (Lipinski definition) is 4. The van der Waals surface area contributed by atoms with Crippen LogP contribution in [0.5, 0.6) is 0 Å². The van der Waals surface area contributed by atoms with Gasteiger partial charge >= 0.3 is 5.97 Å². The minimum Gasteiger partial charge on any atom is -0.478 e. The molecule has 7 heteroatoms. The molecule has 192 valence electrons. The zero-order valence-electron chi connectivity index (χ0n) is 21.8. The minimum absolute atomic E-state index is 0.0187. The summed E-state index contributed by atoms with van der Waals surface area (Å²) in [4.78, 5) is 35.5. The number of amides is 1. The van der Waals surface area contributed by atoms with Crippen LogP contribution in [0.1, 0.15) is 68.2 Å². The predicted octanol–water partition coefficient (Wildman–Crippen LogP) is 6.34. The highest BCUT2D eigenvalue weighted by atomic mass is 16.4. The van der Waals surface area contributed by atoms with E-state index in [0.717, 1.165) is 60.2 Å². The van der Waals surface area contributed by atoms with Gasteiger partial charge in [-0.05, 0) is 47.7 Å². The molecule has 1 N–H and O–H groups in total. The molecule has 0 unspecified atom stereocenters. The molecule has 0 aliphatic rings. The number of pyridine rings is 1. The average Bonchev–Trinajstić information content (AvgIpc) is 3.24. The maximum absolute atomic E-state index is 12.4. The molecule has 0 fully saturated rings. The highest BCUT2D eigenvalue weighted by Crippen LogP contribution is 2.26. The van der Waals surface area contributed by atoms with E-state index in [-0.39, 0.29) is 11.5 Å². The molecule has 0 saturated heterocycles. The number of aromatic nitrogens is 3. The maximum atomic E-state index is 12.4. The number of benzene rings is 2. The van der Waals surface area contributed by atoms with Gasteiger partial charge in [0.1, 0.15) is 17.2 Å². The highest BCUT2D eigenvalue weighted by molar-refractivity contribution is 5.96. The lowest BCUT2D eigenvalue weighted by Gasteiger charge is -2.20. The molecule has 1 amide bonds. The van der Waals surface area contributed by atoms with Crippen molar-refractivity contribution in [2.45, 2.75) is 59.4 Å². The summed E-state index contributed by atoms with van der Waals surface area (Å²) < 4.78 is 2.15. The molecule has 0 spiro atoms. The molecule has 4 aromatic rings. The normalized spacial score (nSPS) is 11.1. The molecule has 2 aromatic heterocycles. The summed E-state index contributed by atoms with van der Waals surface area (Å²) in [6.45, 7) is 7.07. The number of carbonyl (C=O) groups is 2. The van der Waals surface area contributed by atoms with Gasteiger partial charge in [0.05, 0.1) is 12.1 Å². The van der Waals surface area contributed by atoms with Crippen LogP contribution >= 0.6 is 0 Å². The van der Waals surface area contributed by atoms with E-state index < -0.39 is 5.97 Å². The third-order valence-corrected chi connectivity index (χ3v) is 6.57. The smallest absolute Gasteiger partial charge is 0.336 e. The summed E-state index contributed by atoms with van der Waals surface area (Å²) in [6, 6.07) is 18.8. The Bertz CT molecular complexity index is 1390. The van der Waals surface area contributed by atoms with Crippen molar-refractivity contribution in [1.82, 2.24) is 14.5 Å². The summed E-state index contributed by atoms with van der Waals surface area (Å²) in [5.41, 5.74) is 4.49. The molecule has 0 aliphatic heterocycles. The zero-order valence-corrected chi connectivity index (χ0v) is 21.8. The Morgan fingerprint density at radius 2 is 1.65 bits per heavy atom. The molecular formula is C30H34N4O3. The largest absolute Gasteiger partial charge is 0.478 e. The molecule has 7 nitrogen and oxygen atoms in total. The van der Waals surface area contributed by atoms with E-state index in [1.165, 1.54) is 0 Å². The Kier molecular flexibility index (Phi) is 8.33. The third-order valence-electron chi connectivity index (χ3n) is 6.57. The van der Waals surface area contributed by atoms with Gasteiger partial charge in [-0.3, -0.25) is 9.69 Å². The lowest BCUT2D eigenvalue weighted by molar-refractivity contribution is -0.116. The first-order valence-corrected chi connectivity index (χ1v) is 13.0. The third kappa shape index (κ3) is 5.88. The van der Waals surface area contributed by atoms with E-state index in [9.17, 15) is 14.7 Å². The van der Waals surface area contributed by atoms with Crippen LogP contribution in [0.25, 0.3) is 22.3 Å². The fourth-order valence-electron chi connectivity index (χ4n) is 4.52. The fraction of sp³-hybridized carbons (Fsp3) is 0.333. The second kappa shape index (κ2) is 11.8. The van der Waals surface area contributed by atoms with Crippen LogP contribution in [0.3, 0.4) is 0 Å². The van der Waals surface area contributed by atoms with Crippen molar-refractivity contribution >= 4 is 28.9 Å². The van der Waals surface area contributed by atoms with Crippen molar-refractivity contribution in [1.29, 1.82) is 0 Å². The monoisotopic (exact) mass is 498 g/mol. The standard InChI is InChI=1S/C30H34N4O3/c1-4-6-12-27-31-26-17-18-28(33(21(3)35)19-7-5-2)32-29(26)34(27)20-22-13-15-23(16-14-22)24-10-8-9-11-25(24)30(36)37/h8-11,13-18H,4-7,12,19-20H2,1-3H3,(H,36,37). The van der Waals surface area contributed by atoms with Crippen LogP contribution in [0.2, 0.25) is 0 Å². The van der Waals surface area contributed by atoms with Crippen LogP contribution in [0.4, 0.5) is 5.82 Å². The SMILES string of the molecule is CCCCc1nc2ccc(N(CCCC)C(C)=O)nc2n1Cc1ccc(-c2ccccc2C(=O)O)cc1. The number of nitrogens with zero attached hydrogens (tertiary/aromatic N) is 4. The van der Waals surface area contributed by atoms with Crippen molar-refractivity contribution in [3.05, 3.63) is 77.6 Å². The van der Waals surface area contributed by atoms with Crippen molar-refractivity contribution in [3.8, 4) is 11.1 Å². The number of imidazole rings is 1. The van der Waals surface area contributed by atoms with Gasteiger partial charge in [0.25, 0.3) is 0 Å². The second-order valence-electron chi connectivity index (χ2n) is 9.30. The molecule has 0 atom stereocenters. The van der Waals surface area contributed by atoms with Gasteiger partial charge in [-0.2, -0.15) is 0 Å². The van der Waals surface area contributed by atoms with Crippen LogP contribution in [-0.4, -0.2) is 38.1 Å². The van der Waals surface area contributed by atoms with Crippen molar-refractivity contribution in [3.63, 3.8) is 0 Å². The summed E-state index contributed by atoms with van der Waals surface area (Å²) in [7, 11) is 0. The number of carboxylic acid groups (broad SMARTS) is 1. The van der Waals surface area contributed by atoms with Gasteiger partial charge in [-0.1, -0.05) is 69.2 Å². The lowest BCUT2D eigenvalue weighted by Crippen LogP contribution is -2.30. The van der Waals surface area contributed by atoms with E-state index in [1.807, 2.05) is 48.5 Å². The van der Waals surface area contributed by atoms with E-state index in [1.54, 1.807) is 24.0 Å². The van der Waals surface area contributed by atoms with Gasteiger partial charge in [0.2, 0.25) is 5.91 Å². The maximum Gasteiger partial charge on any atom is 0.336 e. The minimum atomic E-state index is -0.939. The fourth-order valence-corrected chi connectivity index (χ4v) is 4.52. The second-order valence-corrected chi connectivity index (χ2v) is 9.30. The number of carbonyl (C=O) groups excluding carboxylic acids is 1. The Morgan fingerprint density at radius 3 is 2.32 bits per heavy atom. The summed E-state index contributed by atoms with van der Waals surface area (Å²) in [5.74, 6) is 0.669. The molecule has 0 bridgehead atoms. The Morgan fingerprint density at radius 1 is 0.919 bits per heavy atom. The lowest BCUT2D eigenvalue weighted by atomic mass is 9.99. The number of fused-ring (bicyclic) bond motifs is 1. The number of anilines is 1. The Labute approximate surface area is 217 Å². The Hall–Kier alpha value is -4.00. The number of hydrogen-bond donors (Lipinski definition) is 1. The van der Waals surface area contributed by atoms with Gasteiger partial charge in [-0.25, -0.2) is 14.8 Å². The molecule has 2 aromatic carbocycles. The van der Waals surface area contributed by atoms with Gasteiger partial charge < -0.3 is 9.67 Å². The summed E-state index contributed by atoms with van der Waals surface area (Å²) in [6.07, 6.45) is 4.85. The van der Waals surface area contributed by atoms with E-state index >= 15 is 0 Å². The molecule has 0 radical (unpaired) electrons. The quantitative estimate of drug-likeness (QED) is 0.261. The van der Waals surface area contributed by atoms with Crippen LogP contribution in [0, 0.1) is 0 Å². The summed E-state index contributed by atoms with van der Waals surface area (Å²) in [5, 5.41) is 9.56. The molecule has 37 heavy (non-hydrogen) atoms. The highest BCUT2D eigenvalue weighted by Gasteiger charge is 2.18. The van der Waals surface area contributed by atoms with Gasteiger partial charge in [-0.15, -0.1) is 0 Å². The van der Waals surface area contributed by atoms with Crippen molar-refractivity contribution in [2.24, 2.45) is 0 Å². The number of unbranched alkanes of at least 4 members (excludes halogenated alkanes) is 2. The number of aryl methyl sites for hydroxylation is 1. The number of rotatable bonds is 11. The first-order chi connectivity index (χ1) is 17.9. The number of carboxylic acids is 1. The molecule has 0 aliphatic carbocycles. The first kappa shape index (κ1) is 26.1. The van der Waals surface area contributed by atoms with Gasteiger partial charge in [0.15, 0.2) is 5.65 Å². The summed E-state index contributed by atoms with van der Waals surface area (Å²) >= 11 is 0. The first-order valence-electron chi connectivity index (χ1n) is 13.0. The predicted molar refractivity (Wildman–Crippen MR) is 147 cm³/mol. The van der Waals surface area contributed by atoms with Crippen LogP contribution in [0.15, 0.2) is 60.7 Å². The van der Waals surface area contributed by atoms with Crippen LogP contribution in [-0.2, 0) is 17.8 Å². The van der Waals surface area contributed by atoms with E-state index in [0.29, 0.717) is 24.5 Å². The molecular weight excluding hydrogens is 464 g/mol. The van der Waals surface area contributed by atoms with E-state index in [4.69, 9.17) is 9.97 Å². The molecule has 2 heterocycles. The Balaban J connectivity index is 1.70. The topological polar surface area (TPSA) is 88.3 Å².